The number of aromatic nitrogens is 1. The number of nitrogens with zero attached hydrogens (tertiary/aromatic N) is 2. The van der Waals surface area contributed by atoms with Gasteiger partial charge in [-0.25, -0.2) is 5.43 Å². The number of hydrogen-bond donors (Lipinski definition) is 2. The number of para-hydroxylation sites is 1. The molecule has 2 amide bonds. The fraction of sp³-hybridized carbons (Fsp3) is 0.138. The van der Waals surface area contributed by atoms with Crippen LogP contribution in [0.15, 0.2) is 90.0 Å². The second-order valence-electron chi connectivity index (χ2n) is 8.18. The Bertz CT molecular complexity index is 1390. The van der Waals surface area contributed by atoms with E-state index in [-0.39, 0.29) is 0 Å². The Morgan fingerprint density at radius 3 is 2.19 bits per heavy atom. The molecule has 37 heavy (non-hydrogen) atoms. The Hall–Kier alpha value is -4.85. The molecule has 8 nitrogen and oxygen atoms in total. The van der Waals surface area contributed by atoms with Gasteiger partial charge in [-0.3, -0.25) is 9.59 Å². The number of nitrogens with one attached hydrogen (secondary N) is 2. The highest BCUT2D eigenvalue weighted by Gasteiger charge is 2.14. The van der Waals surface area contributed by atoms with Gasteiger partial charge < -0.3 is 19.4 Å². The second kappa shape index (κ2) is 11.7. The fourth-order valence-corrected chi connectivity index (χ4v) is 3.80. The van der Waals surface area contributed by atoms with Crippen LogP contribution in [0.5, 0.6) is 17.2 Å². The highest BCUT2D eigenvalue weighted by Crippen LogP contribution is 2.23. The third-order valence-corrected chi connectivity index (χ3v) is 5.54. The van der Waals surface area contributed by atoms with Crippen LogP contribution in [0.3, 0.4) is 0 Å². The number of ether oxygens (including phenoxy) is 2. The Labute approximate surface area is 215 Å². The van der Waals surface area contributed by atoms with Crippen molar-refractivity contribution in [2.45, 2.75) is 20.8 Å². The lowest BCUT2D eigenvalue weighted by Crippen LogP contribution is -2.32. The summed E-state index contributed by atoms with van der Waals surface area (Å²) in [6.07, 6.45) is 1.52. The van der Waals surface area contributed by atoms with Gasteiger partial charge in [-0.15, -0.1) is 0 Å². The quantitative estimate of drug-likeness (QED) is 0.195. The third kappa shape index (κ3) is 6.43. The Morgan fingerprint density at radius 2 is 1.51 bits per heavy atom. The lowest BCUT2D eigenvalue weighted by Gasteiger charge is -2.11. The first-order chi connectivity index (χ1) is 17.9. The van der Waals surface area contributed by atoms with Gasteiger partial charge in [0.05, 0.1) is 12.8 Å². The standard InChI is InChI=1S/C29H28N4O4/c1-4-36-25-16-12-24(13-17-25)33-20(2)18-22(21(33)3)19-30-32-29(35)28(34)31-23-10-14-27(15-11-23)37-26-8-6-5-7-9-26/h5-19H,4H2,1-3H3,(H,31,34)(H,32,35)/b30-19-. The smallest absolute Gasteiger partial charge is 0.329 e. The maximum absolute atomic E-state index is 12.3. The van der Waals surface area contributed by atoms with Gasteiger partial charge in [0.1, 0.15) is 17.2 Å². The first-order valence-electron chi connectivity index (χ1n) is 11.8. The molecular formula is C29H28N4O4. The van der Waals surface area contributed by atoms with E-state index in [2.05, 4.69) is 20.4 Å². The summed E-state index contributed by atoms with van der Waals surface area (Å²) in [5.41, 5.74) is 6.50. The molecule has 4 aromatic rings. The molecule has 0 aliphatic rings. The number of amides is 2. The lowest BCUT2D eigenvalue weighted by molar-refractivity contribution is -0.136. The van der Waals surface area contributed by atoms with E-state index in [9.17, 15) is 9.59 Å². The maximum atomic E-state index is 12.3. The number of hydrogen-bond acceptors (Lipinski definition) is 5. The molecule has 0 unspecified atom stereocenters. The van der Waals surface area contributed by atoms with Crippen LogP contribution in [-0.4, -0.2) is 29.2 Å². The molecule has 0 spiro atoms. The number of hydrazone groups is 1. The summed E-state index contributed by atoms with van der Waals surface area (Å²) in [4.78, 5) is 24.5. The molecule has 0 radical (unpaired) electrons. The zero-order valence-electron chi connectivity index (χ0n) is 20.9. The van der Waals surface area contributed by atoms with Crippen LogP contribution in [-0.2, 0) is 9.59 Å². The number of aryl methyl sites for hydroxylation is 1. The van der Waals surface area contributed by atoms with Crippen molar-refractivity contribution in [2.75, 3.05) is 11.9 Å². The normalized spacial score (nSPS) is 10.8. The van der Waals surface area contributed by atoms with E-state index in [1.54, 1.807) is 24.3 Å². The average molecular weight is 497 g/mol. The molecule has 188 valence electrons. The van der Waals surface area contributed by atoms with Gasteiger partial charge in [-0.1, -0.05) is 18.2 Å². The van der Waals surface area contributed by atoms with Gasteiger partial charge in [-0.05, 0) is 87.5 Å². The monoisotopic (exact) mass is 496 g/mol. The summed E-state index contributed by atoms with van der Waals surface area (Å²) in [6.45, 7) is 6.51. The molecule has 2 N–H and O–H groups in total. The molecule has 1 aromatic heterocycles. The van der Waals surface area contributed by atoms with Crippen molar-refractivity contribution >= 4 is 23.7 Å². The second-order valence-corrected chi connectivity index (χ2v) is 8.18. The predicted molar refractivity (Wildman–Crippen MR) is 144 cm³/mol. The van der Waals surface area contributed by atoms with E-state index < -0.39 is 11.8 Å². The van der Waals surface area contributed by atoms with Gasteiger partial charge in [0, 0.05) is 28.3 Å². The van der Waals surface area contributed by atoms with Crippen LogP contribution >= 0.6 is 0 Å². The van der Waals surface area contributed by atoms with Crippen LogP contribution in [0, 0.1) is 13.8 Å². The SMILES string of the molecule is CCOc1ccc(-n2c(C)cc(/C=N\NC(=O)C(=O)Nc3ccc(Oc4ccccc4)cc3)c2C)cc1. The molecule has 0 aliphatic carbocycles. The van der Waals surface area contributed by atoms with E-state index in [0.29, 0.717) is 23.8 Å². The van der Waals surface area contributed by atoms with Gasteiger partial charge in [-0.2, -0.15) is 5.10 Å². The molecule has 1 heterocycles. The zero-order chi connectivity index (χ0) is 26.2. The van der Waals surface area contributed by atoms with Crippen molar-refractivity contribution < 1.29 is 19.1 Å². The summed E-state index contributed by atoms with van der Waals surface area (Å²) < 4.78 is 13.3. The molecule has 8 heteroatoms. The van der Waals surface area contributed by atoms with Crippen LogP contribution in [0.1, 0.15) is 23.9 Å². The van der Waals surface area contributed by atoms with Crippen molar-refractivity contribution in [3.05, 3.63) is 102 Å². The minimum Gasteiger partial charge on any atom is -0.494 e. The molecule has 0 fully saturated rings. The van der Waals surface area contributed by atoms with E-state index >= 15 is 0 Å². The fourth-order valence-electron chi connectivity index (χ4n) is 3.80. The van der Waals surface area contributed by atoms with E-state index in [4.69, 9.17) is 9.47 Å². The van der Waals surface area contributed by atoms with Crippen molar-refractivity contribution in [2.24, 2.45) is 5.10 Å². The molecule has 0 saturated heterocycles. The molecule has 0 saturated carbocycles. The predicted octanol–water partition coefficient (Wildman–Crippen LogP) is 5.37. The first kappa shape index (κ1) is 25.2. The van der Waals surface area contributed by atoms with E-state index in [0.717, 1.165) is 28.4 Å². The number of carbonyl (C=O) groups excluding carboxylic acids is 2. The Kier molecular flexibility index (Phi) is 8.00. The number of anilines is 1. The average Bonchev–Trinajstić information content (AvgIpc) is 3.19. The number of benzene rings is 3. The molecule has 0 atom stereocenters. The number of carbonyl (C=O) groups is 2. The van der Waals surface area contributed by atoms with Crippen LogP contribution < -0.4 is 20.2 Å². The largest absolute Gasteiger partial charge is 0.494 e. The van der Waals surface area contributed by atoms with Gasteiger partial charge in [0.15, 0.2) is 0 Å². The number of rotatable bonds is 8. The van der Waals surface area contributed by atoms with Crippen molar-refractivity contribution in [3.63, 3.8) is 0 Å². The van der Waals surface area contributed by atoms with Gasteiger partial charge in [0.25, 0.3) is 0 Å². The van der Waals surface area contributed by atoms with E-state index in [1.807, 2.05) is 81.4 Å². The maximum Gasteiger partial charge on any atom is 0.329 e. The molecule has 4 rings (SSSR count). The lowest BCUT2D eigenvalue weighted by atomic mass is 10.2. The Morgan fingerprint density at radius 1 is 0.865 bits per heavy atom. The molecule has 0 bridgehead atoms. The summed E-state index contributed by atoms with van der Waals surface area (Å²) in [5, 5.41) is 6.52. The molecule has 0 aliphatic heterocycles. The van der Waals surface area contributed by atoms with Crippen LogP contribution in [0.2, 0.25) is 0 Å². The van der Waals surface area contributed by atoms with E-state index in [1.165, 1.54) is 6.21 Å². The first-order valence-corrected chi connectivity index (χ1v) is 11.8. The highest BCUT2D eigenvalue weighted by atomic mass is 16.5. The minimum atomic E-state index is -0.874. The van der Waals surface area contributed by atoms with Crippen LogP contribution in [0.25, 0.3) is 5.69 Å². The minimum absolute atomic E-state index is 0.462. The van der Waals surface area contributed by atoms with Crippen molar-refractivity contribution in [1.82, 2.24) is 9.99 Å². The van der Waals surface area contributed by atoms with Gasteiger partial charge >= 0.3 is 11.8 Å². The summed E-state index contributed by atoms with van der Waals surface area (Å²) in [5.74, 6) is 0.431. The van der Waals surface area contributed by atoms with Crippen LogP contribution in [0.4, 0.5) is 5.69 Å². The Balaban J connectivity index is 1.33. The third-order valence-electron chi connectivity index (χ3n) is 5.54. The van der Waals surface area contributed by atoms with Crippen molar-refractivity contribution in [1.29, 1.82) is 0 Å². The summed E-state index contributed by atoms with van der Waals surface area (Å²) >= 11 is 0. The topological polar surface area (TPSA) is 94.0 Å². The summed E-state index contributed by atoms with van der Waals surface area (Å²) in [7, 11) is 0. The highest BCUT2D eigenvalue weighted by molar-refractivity contribution is 6.39. The molecule has 3 aromatic carbocycles. The molecular weight excluding hydrogens is 468 g/mol. The zero-order valence-corrected chi connectivity index (χ0v) is 20.9. The summed E-state index contributed by atoms with van der Waals surface area (Å²) in [6, 6.07) is 25.9. The van der Waals surface area contributed by atoms with Gasteiger partial charge in [0.2, 0.25) is 0 Å². The van der Waals surface area contributed by atoms with Crippen molar-refractivity contribution in [3.8, 4) is 22.9 Å².